The number of hydrogen-bond acceptors (Lipinski definition) is 3. The van der Waals surface area contributed by atoms with E-state index in [1.54, 1.807) is 6.92 Å². The molecule has 0 aliphatic carbocycles. The third-order valence-electron chi connectivity index (χ3n) is 4.36. The summed E-state index contributed by atoms with van der Waals surface area (Å²) in [5.41, 5.74) is 0.677. The Hall–Kier alpha value is -1.51. The lowest BCUT2D eigenvalue weighted by Gasteiger charge is -2.14. The lowest BCUT2D eigenvalue weighted by atomic mass is 10.1. The van der Waals surface area contributed by atoms with Crippen molar-refractivity contribution in [3.8, 4) is 11.5 Å². The second-order valence-electron chi connectivity index (χ2n) is 6.74. The molecule has 3 heteroatoms. The Morgan fingerprint density at radius 1 is 0.760 bits per heavy atom. The molecule has 0 radical (unpaired) electrons. The highest BCUT2D eigenvalue weighted by molar-refractivity contribution is 5.94. The van der Waals surface area contributed by atoms with Crippen LogP contribution >= 0.6 is 0 Å². The molecule has 1 aromatic carbocycles. The van der Waals surface area contributed by atoms with Crippen molar-refractivity contribution in [2.24, 2.45) is 0 Å². The van der Waals surface area contributed by atoms with Gasteiger partial charge in [-0.15, -0.1) is 0 Å². The number of hydrogen-bond donors (Lipinski definition) is 0. The predicted molar refractivity (Wildman–Crippen MR) is 105 cm³/mol. The number of ether oxygens (including phenoxy) is 2. The van der Waals surface area contributed by atoms with Crippen LogP contribution in [0.4, 0.5) is 0 Å². The van der Waals surface area contributed by atoms with Crippen molar-refractivity contribution in [1.82, 2.24) is 0 Å². The van der Waals surface area contributed by atoms with E-state index in [2.05, 4.69) is 13.8 Å². The summed E-state index contributed by atoms with van der Waals surface area (Å²) >= 11 is 0. The summed E-state index contributed by atoms with van der Waals surface area (Å²) in [5, 5.41) is 0. The average Bonchev–Trinajstić information content (AvgIpc) is 2.61. The molecule has 1 aromatic rings. The molecule has 0 aliphatic rings. The molecule has 0 spiro atoms. The van der Waals surface area contributed by atoms with Gasteiger partial charge in [0.05, 0.1) is 13.2 Å². The highest BCUT2D eigenvalue weighted by atomic mass is 16.5. The van der Waals surface area contributed by atoms with Crippen molar-refractivity contribution < 1.29 is 14.3 Å². The van der Waals surface area contributed by atoms with E-state index in [9.17, 15) is 4.79 Å². The zero-order valence-corrected chi connectivity index (χ0v) is 16.4. The van der Waals surface area contributed by atoms with E-state index in [0.717, 1.165) is 18.6 Å². The molecule has 0 bridgehead atoms. The van der Waals surface area contributed by atoms with E-state index in [0.29, 0.717) is 24.5 Å². The van der Waals surface area contributed by atoms with Gasteiger partial charge in [-0.3, -0.25) is 4.79 Å². The fourth-order valence-corrected chi connectivity index (χ4v) is 2.73. The minimum Gasteiger partial charge on any atom is -0.490 e. The molecule has 0 N–H and O–H groups in total. The second-order valence-corrected chi connectivity index (χ2v) is 6.74. The Bertz CT molecular complexity index is 482. The first-order chi connectivity index (χ1) is 12.2. The van der Waals surface area contributed by atoms with Gasteiger partial charge in [-0.2, -0.15) is 0 Å². The number of unbranched alkanes of at least 4 members (excludes halogenated alkanes) is 8. The van der Waals surface area contributed by atoms with Crippen molar-refractivity contribution in [3.63, 3.8) is 0 Å². The van der Waals surface area contributed by atoms with Gasteiger partial charge in [0.1, 0.15) is 0 Å². The SMILES string of the molecule is CCCCCCCOc1ccc(C(C)=O)cc1OCCCCCCC. The van der Waals surface area contributed by atoms with Crippen molar-refractivity contribution in [3.05, 3.63) is 23.8 Å². The molecule has 0 saturated carbocycles. The van der Waals surface area contributed by atoms with E-state index in [4.69, 9.17) is 9.47 Å². The topological polar surface area (TPSA) is 35.5 Å². The Labute approximate surface area is 154 Å². The number of Topliss-reactive ketones (excluding diaryl/α,β-unsaturated/α-hetero) is 1. The summed E-state index contributed by atoms with van der Waals surface area (Å²) in [6.45, 7) is 7.40. The van der Waals surface area contributed by atoms with Crippen molar-refractivity contribution in [1.29, 1.82) is 0 Å². The van der Waals surface area contributed by atoms with Gasteiger partial charge in [-0.05, 0) is 38.0 Å². The Balaban J connectivity index is 2.49. The van der Waals surface area contributed by atoms with Gasteiger partial charge in [0, 0.05) is 5.56 Å². The fraction of sp³-hybridized carbons (Fsp3) is 0.682. The first-order valence-corrected chi connectivity index (χ1v) is 10.1. The number of ketones is 1. The van der Waals surface area contributed by atoms with Crippen LogP contribution in [0.5, 0.6) is 11.5 Å². The van der Waals surface area contributed by atoms with E-state index < -0.39 is 0 Å². The van der Waals surface area contributed by atoms with Crippen LogP contribution in [0.2, 0.25) is 0 Å². The van der Waals surface area contributed by atoms with Gasteiger partial charge in [0.15, 0.2) is 17.3 Å². The zero-order chi connectivity index (χ0) is 18.3. The highest BCUT2D eigenvalue weighted by Gasteiger charge is 2.09. The maximum Gasteiger partial charge on any atom is 0.161 e. The normalized spacial score (nSPS) is 10.7. The van der Waals surface area contributed by atoms with Crippen molar-refractivity contribution in [2.75, 3.05) is 13.2 Å². The second kappa shape index (κ2) is 13.7. The molecule has 0 unspecified atom stereocenters. The van der Waals surface area contributed by atoms with Crippen LogP contribution < -0.4 is 9.47 Å². The Kier molecular flexibility index (Phi) is 11.8. The first kappa shape index (κ1) is 21.5. The van der Waals surface area contributed by atoms with Crippen LogP contribution in [-0.2, 0) is 0 Å². The molecule has 1 rings (SSSR count). The molecule has 142 valence electrons. The largest absolute Gasteiger partial charge is 0.490 e. The Morgan fingerprint density at radius 2 is 1.28 bits per heavy atom. The standard InChI is InChI=1S/C22H36O3/c1-4-6-8-10-12-16-24-21-15-14-20(19(3)23)18-22(21)25-17-13-11-9-7-5-2/h14-15,18H,4-13,16-17H2,1-3H3. The molecule has 0 amide bonds. The fourth-order valence-electron chi connectivity index (χ4n) is 2.73. The van der Waals surface area contributed by atoms with Crippen LogP contribution in [0, 0.1) is 0 Å². The van der Waals surface area contributed by atoms with E-state index in [1.165, 1.54) is 51.4 Å². The number of carbonyl (C=O) groups is 1. The van der Waals surface area contributed by atoms with Gasteiger partial charge in [0.2, 0.25) is 0 Å². The lowest BCUT2D eigenvalue weighted by Crippen LogP contribution is -2.04. The molecular formula is C22H36O3. The monoisotopic (exact) mass is 348 g/mol. The van der Waals surface area contributed by atoms with Gasteiger partial charge in [-0.25, -0.2) is 0 Å². The maximum absolute atomic E-state index is 11.6. The molecule has 25 heavy (non-hydrogen) atoms. The van der Waals surface area contributed by atoms with E-state index in [1.807, 2.05) is 18.2 Å². The molecule has 0 heterocycles. The molecule has 0 saturated heterocycles. The third-order valence-corrected chi connectivity index (χ3v) is 4.36. The van der Waals surface area contributed by atoms with Crippen molar-refractivity contribution in [2.45, 2.75) is 85.0 Å². The number of rotatable bonds is 15. The number of carbonyl (C=O) groups excluding carboxylic acids is 1. The number of benzene rings is 1. The van der Waals surface area contributed by atoms with E-state index >= 15 is 0 Å². The predicted octanol–water partition coefficient (Wildman–Crippen LogP) is 6.59. The summed E-state index contributed by atoms with van der Waals surface area (Å²) in [4.78, 5) is 11.6. The lowest BCUT2D eigenvalue weighted by molar-refractivity contribution is 0.101. The van der Waals surface area contributed by atoms with Crippen LogP contribution in [0.3, 0.4) is 0 Å². The van der Waals surface area contributed by atoms with E-state index in [-0.39, 0.29) is 5.78 Å². The Morgan fingerprint density at radius 3 is 1.80 bits per heavy atom. The van der Waals surface area contributed by atoms with Crippen LogP contribution in [-0.4, -0.2) is 19.0 Å². The van der Waals surface area contributed by atoms with Gasteiger partial charge in [-0.1, -0.05) is 65.2 Å². The summed E-state index contributed by atoms with van der Waals surface area (Å²) in [6, 6.07) is 5.51. The molecule has 3 nitrogen and oxygen atoms in total. The smallest absolute Gasteiger partial charge is 0.161 e. The maximum atomic E-state index is 11.6. The molecule has 0 aliphatic heterocycles. The minimum absolute atomic E-state index is 0.0545. The van der Waals surface area contributed by atoms with Crippen LogP contribution in [0.25, 0.3) is 0 Å². The molecule has 0 atom stereocenters. The summed E-state index contributed by atoms with van der Waals surface area (Å²) in [7, 11) is 0. The average molecular weight is 349 g/mol. The molecule has 0 fully saturated rings. The first-order valence-electron chi connectivity index (χ1n) is 10.1. The van der Waals surface area contributed by atoms with Gasteiger partial charge < -0.3 is 9.47 Å². The zero-order valence-electron chi connectivity index (χ0n) is 16.4. The third kappa shape index (κ3) is 9.52. The highest BCUT2D eigenvalue weighted by Crippen LogP contribution is 2.29. The molecular weight excluding hydrogens is 312 g/mol. The minimum atomic E-state index is 0.0545. The van der Waals surface area contributed by atoms with Crippen molar-refractivity contribution >= 4 is 5.78 Å². The van der Waals surface area contributed by atoms with Gasteiger partial charge >= 0.3 is 0 Å². The summed E-state index contributed by atoms with van der Waals surface area (Å²) in [6.07, 6.45) is 12.1. The van der Waals surface area contributed by atoms with Gasteiger partial charge in [0.25, 0.3) is 0 Å². The van der Waals surface area contributed by atoms with Crippen LogP contribution in [0.1, 0.15) is 95.3 Å². The quantitative estimate of drug-likeness (QED) is 0.265. The summed E-state index contributed by atoms with van der Waals surface area (Å²) in [5.74, 6) is 1.52. The summed E-state index contributed by atoms with van der Waals surface area (Å²) < 4.78 is 11.8. The van der Waals surface area contributed by atoms with Crippen LogP contribution in [0.15, 0.2) is 18.2 Å². The molecule has 0 aromatic heterocycles.